The number of rotatable bonds is 9. The Labute approximate surface area is 235 Å². The maximum absolute atomic E-state index is 13.2. The summed E-state index contributed by atoms with van der Waals surface area (Å²) in [5.41, 5.74) is 7.16. The molecule has 0 bridgehead atoms. The predicted octanol–water partition coefficient (Wildman–Crippen LogP) is 6.64. The van der Waals surface area contributed by atoms with Crippen LogP contribution in [0.4, 0.5) is 0 Å². The zero-order valence-electron chi connectivity index (χ0n) is 23.8. The number of ether oxygens (including phenoxy) is 1. The van der Waals surface area contributed by atoms with Crippen LogP contribution < -0.4 is 10.1 Å². The first-order valence-corrected chi connectivity index (χ1v) is 13.4. The van der Waals surface area contributed by atoms with Crippen molar-refractivity contribution in [2.45, 2.75) is 66.2 Å². The van der Waals surface area contributed by atoms with E-state index in [1.54, 1.807) is 12.1 Å². The molecule has 0 aliphatic rings. The van der Waals surface area contributed by atoms with E-state index in [1.807, 2.05) is 57.2 Å². The fraction of sp³-hybridized carbons (Fsp3) is 0.303. The summed E-state index contributed by atoms with van der Waals surface area (Å²) in [7, 11) is 0. The Morgan fingerprint density at radius 3 is 2.40 bits per heavy atom. The lowest BCUT2D eigenvalue weighted by molar-refractivity contribution is -0.144. The normalized spacial score (nSPS) is 12.7. The molecule has 0 saturated heterocycles. The van der Waals surface area contributed by atoms with Gasteiger partial charge >= 0.3 is 5.97 Å². The number of hydrogen-bond acceptors (Lipinski definition) is 4. The maximum atomic E-state index is 13.2. The molecule has 0 spiro atoms. The molecule has 0 fully saturated rings. The highest BCUT2D eigenvalue weighted by Gasteiger charge is 2.18. The van der Waals surface area contributed by atoms with Crippen molar-refractivity contribution >= 4 is 22.8 Å². The molecule has 3 aromatic carbocycles. The van der Waals surface area contributed by atoms with Crippen molar-refractivity contribution in [1.29, 1.82) is 5.26 Å². The zero-order chi connectivity index (χ0) is 29.1. The molecular weight excluding hydrogens is 502 g/mol. The molecule has 4 rings (SSSR count). The van der Waals surface area contributed by atoms with E-state index in [0.29, 0.717) is 18.0 Å². The summed E-state index contributed by atoms with van der Waals surface area (Å²) < 4.78 is 7.70. The van der Waals surface area contributed by atoms with Crippen LogP contribution in [0.2, 0.25) is 0 Å². The number of nitrogens with one attached hydrogen (secondary N) is 1. The standard InChI is InChI=1S/C33H35N3O4/c1-19(2)25-8-7-9-26(15-25)21(4)35-32(37)27-12-13-30-29(16-27)20(3)22(5)36(30)18-24-10-11-28(17-34)31(14-24)40-23(6)33(38)39/h7-16,19,21,23H,18H2,1-6H3,(H,35,37)(H,38,39)/t21-,23?/m0/s1. The number of fused-ring (bicyclic) bond motifs is 1. The van der Waals surface area contributed by atoms with Crippen LogP contribution in [0.1, 0.15) is 83.5 Å². The van der Waals surface area contributed by atoms with Crippen molar-refractivity contribution in [2.24, 2.45) is 0 Å². The molecule has 7 nitrogen and oxygen atoms in total. The van der Waals surface area contributed by atoms with Crippen molar-refractivity contribution in [1.82, 2.24) is 9.88 Å². The van der Waals surface area contributed by atoms with Crippen LogP contribution in [0.25, 0.3) is 10.9 Å². The molecule has 0 radical (unpaired) electrons. The zero-order valence-corrected chi connectivity index (χ0v) is 23.8. The van der Waals surface area contributed by atoms with E-state index in [2.05, 4.69) is 41.9 Å². The number of nitriles is 1. The monoisotopic (exact) mass is 537 g/mol. The van der Waals surface area contributed by atoms with Gasteiger partial charge < -0.3 is 19.7 Å². The van der Waals surface area contributed by atoms with Crippen molar-refractivity contribution in [3.05, 3.63) is 99.7 Å². The minimum atomic E-state index is -1.10. The highest BCUT2D eigenvalue weighted by Crippen LogP contribution is 2.29. The lowest BCUT2D eigenvalue weighted by atomic mass is 9.98. The van der Waals surface area contributed by atoms with E-state index in [-0.39, 0.29) is 23.3 Å². The number of aryl methyl sites for hydroxylation is 1. The summed E-state index contributed by atoms with van der Waals surface area (Å²) in [5, 5.41) is 22.8. The number of aliphatic carboxylic acids is 1. The number of aromatic nitrogens is 1. The van der Waals surface area contributed by atoms with Gasteiger partial charge in [0.05, 0.1) is 11.6 Å². The van der Waals surface area contributed by atoms with Gasteiger partial charge in [-0.25, -0.2) is 4.79 Å². The molecule has 0 aliphatic carbocycles. The van der Waals surface area contributed by atoms with E-state index in [9.17, 15) is 20.0 Å². The molecule has 4 aromatic rings. The minimum absolute atomic E-state index is 0.129. The van der Waals surface area contributed by atoms with Gasteiger partial charge in [-0.3, -0.25) is 4.79 Å². The molecule has 1 aromatic heterocycles. The average molecular weight is 538 g/mol. The summed E-state index contributed by atoms with van der Waals surface area (Å²) in [6.07, 6.45) is -1.08. The number of carbonyl (C=O) groups excluding carboxylic acids is 1. The van der Waals surface area contributed by atoms with Gasteiger partial charge in [-0.05, 0) is 86.2 Å². The van der Waals surface area contributed by atoms with Gasteiger partial charge in [0.15, 0.2) is 6.10 Å². The highest BCUT2D eigenvalue weighted by molar-refractivity contribution is 5.99. The molecule has 1 amide bonds. The number of carboxylic acids is 1. The largest absolute Gasteiger partial charge is 0.479 e. The van der Waals surface area contributed by atoms with Crippen molar-refractivity contribution in [3.63, 3.8) is 0 Å². The van der Waals surface area contributed by atoms with Crippen molar-refractivity contribution in [2.75, 3.05) is 0 Å². The SMILES string of the molecule is Cc1c(C)n(Cc2ccc(C#N)c(OC(C)C(=O)O)c2)c2ccc(C(=O)N[C@@H](C)c3cccc(C(C)C)c3)cc12. The summed E-state index contributed by atoms with van der Waals surface area (Å²) in [4.78, 5) is 24.5. The second-order valence-corrected chi connectivity index (χ2v) is 10.6. The molecule has 40 heavy (non-hydrogen) atoms. The van der Waals surface area contributed by atoms with Crippen LogP contribution in [0.3, 0.4) is 0 Å². The number of carbonyl (C=O) groups is 2. The molecule has 0 saturated carbocycles. The predicted molar refractivity (Wildman–Crippen MR) is 156 cm³/mol. The third kappa shape index (κ3) is 5.86. The Morgan fingerprint density at radius 1 is 1.00 bits per heavy atom. The maximum Gasteiger partial charge on any atom is 0.344 e. The molecule has 1 heterocycles. The molecule has 7 heteroatoms. The summed E-state index contributed by atoms with van der Waals surface area (Å²) in [5.74, 6) is -0.573. The second-order valence-electron chi connectivity index (χ2n) is 10.6. The Morgan fingerprint density at radius 2 is 1.73 bits per heavy atom. The molecular formula is C33H35N3O4. The van der Waals surface area contributed by atoms with Crippen LogP contribution in [0.5, 0.6) is 5.75 Å². The molecule has 0 aliphatic heterocycles. The lowest BCUT2D eigenvalue weighted by Gasteiger charge is -2.17. The molecule has 1 unspecified atom stereocenters. The van der Waals surface area contributed by atoms with E-state index in [1.165, 1.54) is 12.5 Å². The first kappa shape index (κ1) is 28.4. The fourth-order valence-corrected chi connectivity index (χ4v) is 4.82. The number of benzene rings is 3. The number of hydrogen-bond donors (Lipinski definition) is 2. The van der Waals surface area contributed by atoms with Crippen molar-refractivity contribution < 1.29 is 19.4 Å². The smallest absolute Gasteiger partial charge is 0.344 e. The third-order valence-electron chi connectivity index (χ3n) is 7.48. The number of carboxylic acid groups (broad SMARTS) is 1. The van der Waals surface area contributed by atoms with Crippen LogP contribution in [-0.2, 0) is 11.3 Å². The van der Waals surface area contributed by atoms with Gasteiger partial charge in [-0.1, -0.05) is 44.2 Å². The van der Waals surface area contributed by atoms with Crippen LogP contribution in [-0.4, -0.2) is 27.7 Å². The van der Waals surface area contributed by atoms with Gasteiger partial charge in [0.25, 0.3) is 5.91 Å². The van der Waals surface area contributed by atoms with E-state index >= 15 is 0 Å². The molecule has 2 atom stereocenters. The Balaban J connectivity index is 1.60. The Kier molecular flexibility index (Phi) is 8.29. The molecule has 2 N–H and O–H groups in total. The van der Waals surface area contributed by atoms with Gasteiger partial charge in [-0.2, -0.15) is 5.26 Å². The Bertz CT molecular complexity index is 1630. The second kappa shape index (κ2) is 11.7. The van der Waals surface area contributed by atoms with Gasteiger partial charge in [0, 0.05) is 28.7 Å². The number of nitrogens with zero attached hydrogens (tertiary/aromatic N) is 2. The highest BCUT2D eigenvalue weighted by atomic mass is 16.5. The first-order chi connectivity index (χ1) is 19.0. The lowest BCUT2D eigenvalue weighted by Crippen LogP contribution is -2.26. The van der Waals surface area contributed by atoms with Gasteiger partial charge in [-0.15, -0.1) is 0 Å². The summed E-state index contributed by atoms with van der Waals surface area (Å²) >= 11 is 0. The van der Waals surface area contributed by atoms with E-state index < -0.39 is 12.1 Å². The van der Waals surface area contributed by atoms with E-state index in [0.717, 1.165) is 33.3 Å². The van der Waals surface area contributed by atoms with Crippen LogP contribution in [0.15, 0.2) is 60.7 Å². The first-order valence-electron chi connectivity index (χ1n) is 13.4. The third-order valence-corrected chi connectivity index (χ3v) is 7.48. The number of amides is 1. The summed E-state index contributed by atoms with van der Waals surface area (Å²) in [6, 6.07) is 21.2. The van der Waals surface area contributed by atoms with Crippen LogP contribution >= 0.6 is 0 Å². The molecule has 206 valence electrons. The van der Waals surface area contributed by atoms with Gasteiger partial charge in [0.1, 0.15) is 11.8 Å². The average Bonchev–Trinajstić information content (AvgIpc) is 3.17. The van der Waals surface area contributed by atoms with Gasteiger partial charge in [0.2, 0.25) is 0 Å². The summed E-state index contributed by atoms with van der Waals surface area (Å²) in [6.45, 7) is 12.3. The Hall–Kier alpha value is -4.57. The van der Waals surface area contributed by atoms with E-state index in [4.69, 9.17) is 4.74 Å². The topological polar surface area (TPSA) is 104 Å². The van der Waals surface area contributed by atoms with Crippen molar-refractivity contribution in [3.8, 4) is 11.8 Å². The van der Waals surface area contributed by atoms with Crippen LogP contribution in [0, 0.1) is 25.2 Å². The fourth-order valence-electron chi connectivity index (χ4n) is 4.82. The quantitative estimate of drug-likeness (QED) is 0.249. The minimum Gasteiger partial charge on any atom is -0.479 e.